The van der Waals surface area contributed by atoms with Crippen LogP contribution in [0, 0.1) is 11.3 Å². The SMILES string of the molecule is CCNc1nn(C2CCS(=O)(=O)C2)c(N)c1C#N. The Bertz CT molecular complexity index is 599. The molecule has 1 aliphatic heterocycles. The van der Waals surface area contributed by atoms with Gasteiger partial charge in [-0.05, 0) is 13.3 Å². The van der Waals surface area contributed by atoms with Gasteiger partial charge in [0.2, 0.25) is 0 Å². The van der Waals surface area contributed by atoms with Gasteiger partial charge in [0.1, 0.15) is 17.5 Å². The summed E-state index contributed by atoms with van der Waals surface area (Å²) in [5, 5.41) is 16.2. The van der Waals surface area contributed by atoms with Crippen molar-refractivity contribution in [2.75, 3.05) is 29.1 Å². The molecule has 0 aromatic carbocycles. The normalized spacial score (nSPS) is 21.7. The fourth-order valence-corrected chi connectivity index (χ4v) is 3.79. The fraction of sp³-hybridized carbons (Fsp3) is 0.600. The van der Waals surface area contributed by atoms with Gasteiger partial charge in [0, 0.05) is 6.54 Å². The van der Waals surface area contributed by atoms with Crippen LogP contribution in [0.25, 0.3) is 0 Å². The molecule has 0 amide bonds. The molecule has 8 heteroatoms. The zero-order valence-corrected chi connectivity index (χ0v) is 10.9. The molecule has 0 radical (unpaired) electrons. The van der Waals surface area contributed by atoms with Crippen LogP contribution in [0.4, 0.5) is 11.6 Å². The minimum atomic E-state index is -3.00. The lowest BCUT2D eigenvalue weighted by molar-refractivity contribution is 0.508. The zero-order chi connectivity index (χ0) is 13.3. The van der Waals surface area contributed by atoms with Crippen molar-refractivity contribution in [1.82, 2.24) is 9.78 Å². The second kappa shape index (κ2) is 4.49. The molecule has 1 fully saturated rings. The Hall–Kier alpha value is -1.75. The maximum absolute atomic E-state index is 11.5. The van der Waals surface area contributed by atoms with Gasteiger partial charge in [0.25, 0.3) is 0 Å². The van der Waals surface area contributed by atoms with E-state index in [4.69, 9.17) is 11.0 Å². The quantitative estimate of drug-likeness (QED) is 0.806. The summed E-state index contributed by atoms with van der Waals surface area (Å²) in [5.41, 5.74) is 6.14. The minimum Gasteiger partial charge on any atom is -0.383 e. The molecule has 1 aliphatic rings. The van der Waals surface area contributed by atoms with E-state index in [9.17, 15) is 8.42 Å². The minimum absolute atomic E-state index is 0.0370. The highest BCUT2D eigenvalue weighted by atomic mass is 32.2. The predicted octanol–water partition coefficient (Wildman–Crippen LogP) is 0.128. The molecule has 3 N–H and O–H groups in total. The number of hydrogen-bond donors (Lipinski definition) is 2. The molecule has 1 saturated heterocycles. The summed E-state index contributed by atoms with van der Waals surface area (Å²) >= 11 is 0. The summed E-state index contributed by atoms with van der Waals surface area (Å²) < 4.78 is 24.4. The number of nitriles is 1. The Morgan fingerprint density at radius 2 is 2.39 bits per heavy atom. The van der Waals surface area contributed by atoms with Gasteiger partial charge in [0.15, 0.2) is 15.7 Å². The molecule has 18 heavy (non-hydrogen) atoms. The summed E-state index contributed by atoms with van der Waals surface area (Å²) in [6, 6.07) is 1.72. The summed E-state index contributed by atoms with van der Waals surface area (Å²) in [6.45, 7) is 2.50. The first-order chi connectivity index (χ1) is 8.48. The Morgan fingerprint density at radius 1 is 1.67 bits per heavy atom. The predicted molar refractivity (Wildman–Crippen MR) is 67.8 cm³/mol. The maximum atomic E-state index is 11.5. The van der Waals surface area contributed by atoms with Gasteiger partial charge in [-0.3, -0.25) is 0 Å². The summed E-state index contributed by atoms with van der Waals surface area (Å²) in [5.74, 6) is 0.836. The molecule has 98 valence electrons. The van der Waals surface area contributed by atoms with Crippen LogP contribution in [0.2, 0.25) is 0 Å². The van der Waals surface area contributed by atoms with Gasteiger partial charge in [-0.1, -0.05) is 0 Å². The lowest BCUT2D eigenvalue weighted by Crippen LogP contribution is -2.15. The van der Waals surface area contributed by atoms with E-state index in [0.717, 1.165) is 0 Å². The molecular weight excluding hydrogens is 254 g/mol. The Morgan fingerprint density at radius 3 is 2.89 bits per heavy atom. The van der Waals surface area contributed by atoms with Crippen LogP contribution in [-0.4, -0.2) is 36.2 Å². The van der Waals surface area contributed by atoms with Gasteiger partial charge in [-0.2, -0.15) is 10.4 Å². The van der Waals surface area contributed by atoms with E-state index in [0.29, 0.717) is 18.8 Å². The second-order valence-electron chi connectivity index (χ2n) is 4.25. The second-order valence-corrected chi connectivity index (χ2v) is 6.48. The van der Waals surface area contributed by atoms with Crippen LogP contribution in [0.5, 0.6) is 0 Å². The number of nitrogens with one attached hydrogen (secondary N) is 1. The third kappa shape index (κ3) is 2.13. The lowest BCUT2D eigenvalue weighted by Gasteiger charge is -2.09. The number of aromatic nitrogens is 2. The van der Waals surface area contributed by atoms with E-state index < -0.39 is 9.84 Å². The van der Waals surface area contributed by atoms with E-state index >= 15 is 0 Å². The number of nitrogens with two attached hydrogens (primary N) is 1. The van der Waals surface area contributed by atoms with Crippen LogP contribution in [-0.2, 0) is 9.84 Å². The molecule has 2 heterocycles. The van der Waals surface area contributed by atoms with Crippen molar-refractivity contribution < 1.29 is 8.42 Å². The first-order valence-corrected chi connectivity index (χ1v) is 7.53. The van der Waals surface area contributed by atoms with Crippen molar-refractivity contribution in [2.24, 2.45) is 0 Å². The number of rotatable bonds is 3. The van der Waals surface area contributed by atoms with E-state index in [-0.39, 0.29) is 28.9 Å². The van der Waals surface area contributed by atoms with Gasteiger partial charge in [-0.25, -0.2) is 13.1 Å². The van der Waals surface area contributed by atoms with Gasteiger partial charge >= 0.3 is 0 Å². The molecule has 1 aromatic rings. The number of sulfone groups is 1. The largest absolute Gasteiger partial charge is 0.383 e. The molecule has 0 bridgehead atoms. The molecule has 1 atom stereocenters. The summed E-state index contributed by atoms with van der Waals surface area (Å²) in [7, 11) is -3.00. The Labute approximate surface area is 105 Å². The van der Waals surface area contributed by atoms with Crippen molar-refractivity contribution in [3.05, 3.63) is 5.56 Å². The van der Waals surface area contributed by atoms with Crippen molar-refractivity contribution in [1.29, 1.82) is 5.26 Å². The fourth-order valence-electron chi connectivity index (χ4n) is 2.10. The number of hydrogen-bond acceptors (Lipinski definition) is 6. The van der Waals surface area contributed by atoms with Crippen molar-refractivity contribution in [3.8, 4) is 6.07 Å². The van der Waals surface area contributed by atoms with Crippen molar-refractivity contribution in [2.45, 2.75) is 19.4 Å². The summed E-state index contributed by atoms with van der Waals surface area (Å²) in [4.78, 5) is 0. The molecule has 2 rings (SSSR count). The van der Waals surface area contributed by atoms with E-state index in [1.807, 2.05) is 13.0 Å². The molecule has 0 aliphatic carbocycles. The number of nitrogen functional groups attached to an aromatic ring is 1. The first-order valence-electron chi connectivity index (χ1n) is 5.71. The third-order valence-corrected chi connectivity index (χ3v) is 4.71. The van der Waals surface area contributed by atoms with Gasteiger partial charge < -0.3 is 11.1 Å². The Kier molecular flexibility index (Phi) is 3.17. The molecule has 1 aromatic heterocycles. The molecular formula is C10H15N5O2S. The third-order valence-electron chi connectivity index (χ3n) is 2.96. The van der Waals surface area contributed by atoms with Crippen molar-refractivity contribution in [3.63, 3.8) is 0 Å². The average Bonchev–Trinajstić information content (AvgIpc) is 2.80. The molecule has 0 spiro atoms. The topological polar surface area (TPSA) is 114 Å². The number of nitrogens with zero attached hydrogens (tertiary/aromatic N) is 3. The zero-order valence-electron chi connectivity index (χ0n) is 10.0. The molecule has 7 nitrogen and oxygen atoms in total. The van der Waals surface area contributed by atoms with Crippen molar-refractivity contribution >= 4 is 21.5 Å². The maximum Gasteiger partial charge on any atom is 0.168 e. The Balaban J connectivity index is 2.38. The van der Waals surface area contributed by atoms with E-state index in [1.165, 1.54) is 4.68 Å². The lowest BCUT2D eigenvalue weighted by atomic mass is 10.2. The van der Waals surface area contributed by atoms with Gasteiger partial charge in [0.05, 0.1) is 17.5 Å². The van der Waals surface area contributed by atoms with Crippen LogP contribution < -0.4 is 11.1 Å². The molecule has 1 unspecified atom stereocenters. The highest BCUT2D eigenvalue weighted by Crippen LogP contribution is 2.29. The smallest absolute Gasteiger partial charge is 0.168 e. The van der Waals surface area contributed by atoms with Crippen LogP contribution in [0.15, 0.2) is 0 Å². The number of anilines is 2. The monoisotopic (exact) mass is 269 g/mol. The highest BCUT2D eigenvalue weighted by molar-refractivity contribution is 7.91. The van der Waals surface area contributed by atoms with Crippen LogP contribution in [0.3, 0.4) is 0 Å². The van der Waals surface area contributed by atoms with Crippen LogP contribution >= 0.6 is 0 Å². The van der Waals surface area contributed by atoms with Gasteiger partial charge in [-0.15, -0.1) is 0 Å². The van der Waals surface area contributed by atoms with E-state index in [2.05, 4.69) is 10.4 Å². The molecule has 0 saturated carbocycles. The van der Waals surface area contributed by atoms with E-state index in [1.54, 1.807) is 0 Å². The standard InChI is InChI=1S/C10H15N5O2S/c1-2-13-10-8(5-11)9(12)15(14-10)7-3-4-18(16,17)6-7/h7H,2-4,6,12H2,1H3,(H,13,14). The van der Waals surface area contributed by atoms with Crippen LogP contribution in [0.1, 0.15) is 24.9 Å². The average molecular weight is 269 g/mol. The summed E-state index contributed by atoms with van der Waals surface area (Å²) in [6.07, 6.45) is 0.491. The highest BCUT2D eigenvalue weighted by Gasteiger charge is 2.32. The first kappa shape index (κ1) is 12.7.